The number of carbonyl (C=O) groups is 4. The average Bonchev–Trinajstić information content (AvgIpc) is 3.19. The monoisotopic (exact) mass is 454 g/mol. The van der Waals surface area contributed by atoms with E-state index < -0.39 is 30.4 Å². The number of benzene rings is 2. The molecule has 2 aromatic rings. The van der Waals surface area contributed by atoms with E-state index in [1.165, 1.54) is 4.90 Å². The molecule has 9 heteroatoms. The van der Waals surface area contributed by atoms with Gasteiger partial charge in [-0.2, -0.15) is 0 Å². The number of hydrogen-bond donors (Lipinski definition) is 1. The Hall–Kier alpha value is -3.88. The van der Waals surface area contributed by atoms with E-state index in [4.69, 9.17) is 14.2 Å². The molecule has 1 aliphatic rings. The van der Waals surface area contributed by atoms with E-state index in [0.717, 1.165) is 0 Å². The van der Waals surface area contributed by atoms with E-state index in [-0.39, 0.29) is 25.0 Å². The molecule has 2 amide bonds. The van der Waals surface area contributed by atoms with Gasteiger partial charge in [0.05, 0.1) is 24.7 Å². The normalized spacial score (nSPS) is 15.3. The summed E-state index contributed by atoms with van der Waals surface area (Å²) in [5.74, 6) is -1.82. The molecule has 0 aromatic heterocycles. The maximum atomic E-state index is 12.4. The number of rotatable bonds is 8. The van der Waals surface area contributed by atoms with Gasteiger partial charge in [-0.3, -0.25) is 14.4 Å². The second-order valence-electron chi connectivity index (χ2n) is 7.79. The molecule has 0 unspecified atom stereocenters. The summed E-state index contributed by atoms with van der Waals surface area (Å²) in [6, 6.07) is 13.1. The van der Waals surface area contributed by atoms with Crippen LogP contribution < -0.4 is 15.0 Å². The Morgan fingerprint density at radius 1 is 1.06 bits per heavy atom. The molecule has 1 fully saturated rings. The van der Waals surface area contributed by atoms with Gasteiger partial charge in [-0.05, 0) is 62.4 Å². The lowest BCUT2D eigenvalue weighted by Gasteiger charge is -2.17. The summed E-state index contributed by atoms with van der Waals surface area (Å²) in [6.45, 7) is 3.20. The van der Waals surface area contributed by atoms with Crippen molar-refractivity contribution in [1.82, 2.24) is 0 Å². The SMILES string of the molecule is COc1ccc(NC(=O)COC(=O)[C@H]2CC(=O)N(c3ccc(C(=O)OC(C)C)cc3)C2)cc1. The van der Waals surface area contributed by atoms with Crippen LogP contribution in [0, 0.1) is 5.92 Å². The fourth-order valence-electron chi connectivity index (χ4n) is 3.30. The molecule has 1 heterocycles. The van der Waals surface area contributed by atoms with Crippen molar-refractivity contribution in [2.75, 3.05) is 30.5 Å². The van der Waals surface area contributed by atoms with Gasteiger partial charge in [0, 0.05) is 24.3 Å². The molecule has 0 bridgehead atoms. The zero-order valence-corrected chi connectivity index (χ0v) is 18.7. The number of methoxy groups -OCH3 is 1. The van der Waals surface area contributed by atoms with Crippen molar-refractivity contribution in [2.45, 2.75) is 26.4 Å². The van der Waals surface area contributed by atoms with E-state index in [9.17, 15) is 19.2 Å². The van der Waals surface area contributed by atoms with Gasteiger partial charge in [0.25, 0.3) is 5.91 Å². The third kappa shape index (κ3) is 6.31. The number of carbonyl (C=O) groups excluding carboxylic acids is 4. The van der Waals surface area contributed by atoms with Crippen molar-refractivity contribution < 1.29 is 33.4 Å². The molecule has 0 saturated carbocycles. The van der Waals surface area contributed by atoms with Crippen molar-refractivity contribution in [2.24, 2.45) is 5.92 Å². The molecular formula is C24H26N2O7. The van der Waals surface area contributed by atoms with Gasteiger partial charge in [-0.1, -0.05) is 0 Å². The van der Waals surface area contributed by atoms with Gasteiger partial charge in [-0.15, -0.1) is 0 Å². The number of esters is 2. The molecule has 1 aliphatic heterocycles. The summed E-state index contributed by atoms with van der Waals surface area (Å²) >= 11 is 0. The highest BCUT2D eigenvalue weighted by atomic mass is 16.5. The van der Waals surface area contributed by atoms with Crippen LogP contribution in [0.2, 0.25) is 0 Å². The van der Waals surface area contributed by atoms with Gasteiger partial charge >= 0.3 is 11.9 Å². The standard InChI is InChI=1S/C24H26N2O7/c1-15(2)33-24(30)16-4-8-19(9-5-16)26-13-17(12-22(26)28)23(29)32-14-21(27)25-18-6-10-20(31-3)11-7-18/h4-11,15,17H,12-14H2,1-3H3,(H,25,27)/t17-/m0/s1. The summed E-state index contributed by atoms with van der Waals surface area (Å²) < 4.78 is 15.3. The van der Waals surface area contributed by atoms with E-state index in [1.54, 1.807) is 69.5 Å². The molecule has 0 aliphatic carbocycles. The molecule has 33 heavy (non-hydrogen) atoms. The summed E-state index contributed by atoms with van der Waals surface area (Å²) in [5.41, 5.74) is 1.48. The number of amides is 2. The van der Waals surface area contributed by atoms with Gasteiger partial charge < -0.3 is 24.4 Å². The minimum Gasteiger partial charge on any atom is -0.497 e. The summed E-state index contributed by atoms with van der Waals surface area (Å²) in [4.78, 5) is 50.3. The Labute approximate surface area is 191 Å². The van der Waals surface area contributed by atoms with Crippen LogP contribution in [0.1, 0.15) is 30.6 Å². The highest BCUT2D eigenvalue weighted by Crippen LogP contribution is 2.26. The fourth-order valence-corrected chi connectivity index (χ4v) is 3.30. The largest absolute Gasteiger partial charge is 0.497 e. The molecule has 9 nitrogen and oxygen atoms in total. The molecule has 1 saturated heterocycles. The van der Waals surface area contributed by atoms with Crippen LogP contribution in [0.25, 0.3) is 0 Å². The van der Waals surface area contributed by atoms with Crippen molar-refractivity contribution in [1.29, 1.82) is 0 Å². The van der Waals surface area contributed by atoms with Crippen molar-refractivity contribution in [3.8, 4) is 5.75 Å². The molecule has 1 N–H and O–H groups in total. The number of nitrogens with zero attached hydrogens (tertiary/aromatic N) is 1. The van der Waals surface area contributed by atoms with Crippen LogP contribution >= 0.6 is 0 Å². The predicted octanol–water partition coefficient (Wildman–Crippen LogP) is 2.80. The number of anilines is 2. The summed E-state index contributed by atoms with van der Waals surface area (Å²) in [7, 11) is 1.54. The Balaban J connectivity index is 1.51. The summed E-state index contributed by atoms with van der Waals surface area (Å²) in [6.07, 6.45) is -0.252. The zero-order chi connectivity index (χ0) is 24.0. The van der Waals surface area contributed by atoms with Crippen LogP contribution in [0.4, 0.5) is 11.4 Å². The van der Waals surface area contributed by atoms with Crippen LogP contribution in [0.15, 0.2) is 48.5 Å². The third-order valence-electron chi connectivity index (χ3n) is 4.94. The number of nitrogens with one attached hydrogen (secondary N) is 1. The second kappa shape index (κ2) is 10.6. The molecule has 1 atom stereocenters. The van der Waals surface area contributed by atoms with E-state index in [1.807, 2.05) is 0 Å². The van der Waals surface area contributed by atoms with Gasteiger partial charge in [0.1, 0.15) is 5.75 Å². The predicted molar refractivity (Wildman–Crippen MR) is 120 cm³/mol. The van der Waals surface area contributed by atoms with Crippen molar-refractivity contribution in [3.63, 3.8) is 0 Å². The Kier molecular flexibility index (Phi) is 7.66. The first-order chi connectivity index (χ1) is 15.8. The maximum Gasteiger partial charge on any atom is 0.338 e. The quantitative estimate of drug-likeness (QED) is 0.611. The molecule has 2 aromatic carbocycles. The Morgan fingerprint density at radius 3 is 2.33 bits per heavy atom. The third-order valence-corrected chi connectivity index (χ3v) is 4.94. The fraction of sp³-hybridized carbons (Fsp3) is 0.333. The first kappa shape index (κ1) is 23.8. The molecule has 0 radical (unpaired) electrons. The Bertz CT molecular complexity index is 1020. The van der Waals surface area contributed by atoms with Crippen molar-refractivity contribution >= 4 is 35.1 Å². The van der Waals surface area contributed by atoms with Crippen LogP contribution in [0.5, 0.6) is 5.75 Å². The average molecular weight is 454 g/mol. The molecule has 174 valence electrons. The minimum atomic E-state index is -0.683. The van der Waals surface area contributed by atoms with Gasteiger partial charge in [0.2, 0.25) is 5.91 Å². The molecule has 3 rings (SSSR count). The molecular weight excluding hydrogens is 428 g/mol. The summed E-state index contributed by atoms with van der Waals surface area (Å²) in [5, 5.41) is 2.62. The lowest BCUT2D eigenvalue weighted by atomic mass is 10.1. The lowest BCUT2D eigenvalue weighted by molar-refractivity contribution is -0.151. The highest BCUT2D eigenvalue weighted by molar-refractivity contribution is 6.00. The van der Waals surface area contributed by atoms with Gasteiger partial charge in [0.15, 0.2) is 6.61 Å². The topological polar surface area (TPSA) is 111 Å². The van der Waals surface area contributed by atoms with Crippen LogP contribution in [-0.2, 0) is 23.9 Å². The van der Waals surface area contributed by atoms with E-state index in [2.05, 4.69) is 5.32 Å². The van der Waals surface area contributed by atoms with Crippen LogP contribution in [0.3, 0.4) is 0 Å². The second-order valence-corrected chi connectivity index (χ2v) is 7.79. The highest BCUT2D eigenvalue weighted by Gasteiger charge is 2.36. The van der Waals surface area contributed by atoms with Gasteiger partial charge in [-0.25, -0.2) is 4.79 Å². The smallest absolute Gasteiger partial charge is 0.338 e. The number of ether oxygens (including phenoxy) is 3. The van der Waals surface area contributed by atoms with E-state index in [0.29, 0.717) is 22.7 Å². The first-order valence-corrected chi connectivity index (χ1v) is 10.5. The maximum absolute atomic E-state index is 12.4. The lowest BCUT2D eigenvalue weighted by Crippen LogP contribution is -2.28. The first-order valence-electron chi connectivity index (χ1n) is 10.5. The van der Waals surface area contributed by atoms with Crippen molar-refractivity contribution in [3.05, 3.63) is 54.1 Å². The molecule has 0 spiro atoms. The van der Waals surface area contributed by atoms with E-state index >= 15 is 0 Å². The zero-order valence-electron chi connectivity index (χ0n) is 18.7. The van der Waals surface area contributed by atoms with Crippen LogP contribution in [-0.4, -0.2) is 50.1 Å². The Morgan fingerprint density at radius 2 is 1.73 bits per heavy atom. The minimum absolute atomic E-state index is 0.0178. The number of hydrogen-bond acceptors (Lipinski definition) is 7.